The van der Waals surface area contributed by atoms with Crippen molar-refractivity contribution in [2.75, 3.05) is 0 Å². The van der Waals surface area contributed by atoms with Crippen molar-refractivity contribution in [1.82, 2.24) is 0 Å². The summed E-state index contributed by atoms with van der Waals surface area (Å²) in [6.45, 7) is 4.39. The largest absolute Gasteiger partial charge is 0.300 e. The minimum absolute atomic E-state index is 0.212. The van der Waals surface area contributed by atoms with E-state index in [0.717, 1.165) is 25.7 Å². The van der Waals surface area contributed by atoms with Crippen LogP contribution in [0.15, 0.2) is 24.3 Å². The van der Waals surface area contributed by atoms with Crippen molar-refractivity contribution in [3.8, 4) is 0 Å². The molecule has 1 unspecified atom stereocenters. The van der Waals surface area contributed by atoms with Crippen LogP contribution < -0.4 is 0 Å². The summed E-state index contributed by atoms with van der Waals surface area (Å²) in [5, 5.41) is 0. The summed E-state index contributed by atoms with van der Waals surface area (Å²) >= 11 is 0. The van der Waals surface area contributed by atoms with Gasteiger partial charge in [-0.05, 0) is 36.3 Å². The molecule has 1 aliphatic carbocycles. The van der Waals surface area contributed by atoms with Gasteiger partial charge < -0.3 is 0 Å². The molecule has 0 N–H and O–H groups in total. The van der Waals surface area contributed by atoms with Crippen LogP contribution in [0.1, 0.15) is 37.3 Å². The molecular formula is C14H18O. The highest BCUT2D eigenvalue weighted by atomic mass is 16.1. The number of hydrogen-bond donors (Lipinski definition) is 0. The first-order valence-electron chi connectivity index (χ1n) is 5.65. The Hall–Kier alpha value is -1.11. The third-order valence-electron chi connectivity index (χ3n) is 3.51. The number of carbonyl (C=O) groups excluding carboxylic acids is 1. The third-order valence-corrected chi connectivity index (χ3v) is 3.51. The molecule has 15 heavy (non-hydrogen) atoms. The van der Waals surface area contributed by atoms with Gasteiger partial charge in [0.05, 0.1) is 0 Å². The van der Waals surface area contributed by atoms with Crippen molar-refractivity contribution in [2.24, 2.45) is 5.41 Å². The van der Waals surface area contributed by atoms with Crippen LogP contribution in [0, 0.1) is 12.3 Å². The first-order valence-corrected chi connectivity index (χ1v) is 5.65. The Morgan fingerprint density at radius 3 is 2.67 bits per heavy atom. The fraction of sp³-hybridized carbons (Fsp3) is 0.500. The molecule has 0 aromatic heterocycles. The molecule has 0 bridgehead atoms. The quantitative estimate of drug-likeness (QED) is 0.719. The molecule has 2 rings (SSSR count). The van der Waals surface area contributed by atoms with Crippen molar-refractivity contribution in [1.29, 1.82) is 0 Å². The van der Waals surface area contributed by atoms with Gasteiger partial charge in [0.15, 0.2) is 0 Å². The molecule has 0 spiro atoms. The van der Waals surface area contributed by atoms with Crippen LogP contribution in [-0.2, 0) is 11.2 Å². The van der Waals surface area contributed by atoms with Gasteiger partial charge >= 0.3 is 0 Å². The predicted octanol–water partition coefficient (Wildman–Crippen LogP) is 3.30. The molecular weight excluding hydrogens is 184 g/mol. The number of ketones is 1. The molecule has 1 aliphatic rings. The number of rotatable bonds is 2. The third kappa shape index (κ3) is 2.28. The lowest BCUT2D eigenvalue weighted by Crippen LogP contribution is -2.16. The summed E-state index contributed by atoms with van der Waals surface area (Å²) in [7, 11) is 0. The first kappa shape index (κ1) is 10.4. The van der Waals surface area contributed by atoms with E-state index in [4.69, 9.17) is 0 Å². The van der Waals surface area contributed by atoms with Crippen molar-refractivity contribution in [3.05, 3.63) is 35.4 Å². The Kier molecular flexibility index (Phi) is 2.64. The molecule has 0 saturated heterocycles. The van der Waals surface area contributed by atoms with E-state index in [0.29, 0.717) is 5.78 Å². The minimum Gasteiger partial charge on any atom is -0.300 e. The van der Waals surface area contributed by atoms with Gasteiger partial charge in [-0.3, -0.25) is 4.79 Å². The van der Waals surface area contributed by atoms with Crippen LogP contribution >= 0.6 is 0 Å². The van der Waals surface area contributed by atoms with Crippen molar-refractivity contribution in [3.63, 3.8) is 0 Å². The SMILES string of the molecule is Cc1ccccc1CC1(C)CCC(=O)C1. The van der Waals surface area contributed by atoms with Gasteiger partial charge in [0.2, 0.25) is 0 Å². The molecule has 80 valence electrons. The summed E-state index contributed by atoms with van der Waals surface area (Å²) in [4.78, 5) is 11.3. The summed E-state index contributed by atoms with van der Waals surface area (Å²) in [5.41, 5.74) is 2.95. The number of Topliss-reactive ketones (excluding diaryl/α,β-unsaturated/α-hetero) is 1. The zero-order valence-corrected chi connectivity index (χ0v) is 9.55. The molecule has 1 saturated carbocycles. The van der Waals surface area contributed by atoms with Gasteiger partial charge in [0.25, 0.3) is 0 Å². The van der Waals surface area contributed by atoms with Gasteiger partial charge in [-0.1, -0.05) is 31.2 Å². The van der Waals surface area contributed by atoms with E-state index < -0.39 is 0 Å². The number of aryl methyl sites for hydroxylation is 1. The Labute approximate surface area is 91.5 Å². The molecule has 1 heteroatoms. The van der Waals surface area contributed by atoms with E-state index in [2.05, 4.69) is 38.1 Å². The highest BCUT2D eigenvalue weighted by Crippen LogP contribution is 2.38. The highest BCUT2D eigenvalue weighted by Gasteiger charge is 2.34. The van der Waals surface area contributed by atoms with E-state index in [1.165, 1.54) is 11.1 Å². The maximum atomic E-state index is 11.3. The lowest BCUT2D eigenvalue weighted by atomic mass is 9.81. The van der Waals surface area contributed by atoms with E-state index in [-0.39, 0.29) is 5.41 Å². The summed E-state index contributed by atoms with van der Waals surface area (Å²) in [5.74, 6) is 0.436. The van der Waals surface area contributed by atoms with E-state index >= 15 is 0 Å². The molecule has 0 radical (unpaired) electrons. The van der Waals surface area contributed by atoms with Crippen LogP contribution in [0.2, 0.25) is 0 Å². The lowest BCUT2D eigenvalue weighted by Gasteiger charge is -2.23. The molecule has 0 aliphatic heterocycles. The molecule has 1 aromatic rings. The van der Waals surface area contributed by atoms with Crippen LogP contribution in [0.3, 0.4) is 0 Å². The second-order valence-corrected chi connectivity index (χ2v) is 5.13. The fourth-order valence-electron chi connectivity index (χ4n) is 2.51. The smallest absolute Gasteiger partial charge is 0.133 e. The predicted molar refractivity (Wildman–Crippen MR) is 61.8 cm³/mol. The average molecular weight is 202 g/mol. The second kappa shape index (κ2) is 3.80. The second-order valence-electron chi connectivity index (χ2n) is 5.13. The molecule has 0 amide bonds. The Morgan fingerprint density at radius 1 is 1.33 bits per heavy atom. The first-order chi connectivity index (χ1) is 7.09. The molecule has 0 heterocycles. The fourth-order valence-corrected chi connectivity index (χ4v) is 2.51. The summed E-state index contributed by atoms with van der Waals surface area (Å²) < 4.78 is 0. The molecule has 1 nitrogen and oxygen atoms in total. The number of carbonyl (C=O) groups is 1. The maximum Gasteiger partial charge on any atom is 0.133 e. The standard InChI is InChI=1S/C14H18O/c1-11-5-3-4-6-12(11)9-14(2)8-7-13(15)10-14/h3-6H,7-10H2,1-2H3. The van der Waals surface area contributed by atoms with Crippen molar-refractivity contribution >= 4 is 5.78 Å². The molecule has 1 aromatic carbocycles. The van der Waals surface area contributed by atoms with Gasteiger partial charge in [0, 0.05) is 12.8 Å². The van der Waals surface area contributed by atoms with E-state index in [1.807, 2.05) is 0 Å². The molecule has 1 fully saturated rings. The van der Waals surface area contributed by atoms with Crippen LogP contribution in [0.25, 0.3) is 0 Å². The number of hydrogen-bond acceptors (Lipinski definition) is 1. The summed E-state index contributed by atoms with van der Waals surface area (Å²) in [6.07, 6.45) is 3.65. The topological polar surface area (TPSA) is 17.1 Å². The van der Waals surface area contributed by atoms with Crippen LogP contribution in [0.5, 0.6) is 0 Å². The maximum absolute atomic E-state index is 11.3. The van der Waals surface area contributed by atoms with Gasteiger partial charge in [-0.15, -0.1) is 0 Å². The van der Waals surface area contributed by atoms with Crippen molar-refractivity contribution in [2.45, 2.75) is 39.5 Å². The normalized spacial score (nSPS) is 25.9. The number of benzene rings is 1. The zero-order chi connectivity index (χ0) is 10.9. The summed E-state index contributed by atoms with van der Waals surface area (Å²) in [6, 6.07) is 8.49. The lowest BCUT2D eigenvalue weighted by molar-refractivity contribution is -0.117. The van der Waals surface area contributed by atoms with Gasteiger partial charge in [-0.2, -0.15) is 0 Å². The zero-order valence-electron chi connectivity index (χ0n) is 9.55. The Balaban J connectivity index is 2.15. The highest BCUT2D eigenvalue weighted by molar-refractivity contribution is 5.81. The monoisotopic (exact) mass is 202 g/mol. The van der Waals surface area contributed by atoms with Gasteiger partial charge in [0.1, 0.15) is 5.78 Å². The van der Waals surface area contributed by atoms with Crippen molar-refractivity contribution < 1.29 is 4.79 Å². The van der Waals surface area contributed by atoms with Crippen LogP contribution in [0.4, 0.5) is 0 Å². The van der Waals surface area contributed by atoms with Crippen LogP contribution in [-0.4, -0.2) is 5.78 Å². The van der Waals surface area contributed by atoms with Gasteiger partial charge in [-0.25, -0.2) is 0 Å². The minimum atomic E-state index is 0.212. The Morgan fingerprint density at radius 2 is 2.07 bits per heavy atom. The van der Waals surface area contributed by atoms with E-state index in [9.17, 15) is 4.79 Å². The van der Waals surface area contributed by atoms with E-state index in [1.54, 1.807) is 0 Å². The average Bonchev–Trinajstić information content (AvgIpc) is 2.51. The Bertz CT molecular complexity index is 381. The molecule has 1 atom stereocenters.